The van der Waals surface area contributed by atoms with Crippen LogP contribution in [0, 0.1) is 0 Å². The number of nitrogens with two attached hydrogens (primary N) is 1. The standard InChI is InChI=1S/C16H27N3O/c1-3-11-20-14-7-6-10-19(12-14)16(13(2)17)15-8-4-5-9-18-15/h4-5,8-9,13-14,16H,3,6-7,10-12,17H2,1-2H3. The molecular weight excluding hydrogens is 250 g/mol. The highest BCUT2D eigenvalue weighted by atomic mass is 16.5. The Morgan fingerprint density at radius 3 is 3.00 bits per heavy atom. The number of hydrogen-bond acceptors (Lipinski definition) is 4. The number of likely N-dealkylation sites (tertiary alicyclic amines) is 1. The molecule has 112 valence electrons. The quantitative estimate of drug-likeness (QED) is 0.867. The molecular formula is C16H27N3O. The maximum Gasteiger partial charge on any atom is 0.0702 e. The second kappa shape index (κ2) is 7.72. The summed E-state index contributed by atoms with van der Waals surface area (Å²) < 4.78 is 5.93. The van der Waals surface area contributed by atoms with Gasteiger partial charge in [0.25, 0.3) is 0 Å². The van der Waals surface area contributed by atoms with Gasteiger partial charge in [0, 0.05) is 25.4 Å². The van der Waals surface area contributed by atoms with E-state index >= 15 is 0 Å². The van der Waals surface area contributed by atoms with Gasteiger partial charge in [0.1, 0.15) is 0 Å². The zero-order valence-corrected chi connectivity index (χ0v) is 12.7. The molecule has 1 aliphatic rings. The second-order valence-corrected chi connectivity index (χ2v) is 5.69. The molecule has 1 aliphatic heterocycles. The van der Waals surface area contributed by atoms with Crippen molar-refractivity contribution in [3.05, 3.63) is 30.1 Å². The second-order valence-electron chi connectivity index (χ2n) is 5.69. The van der Waals surface area contributed by atoms with Crippen LogP contribution < -0.4 is 5.73 Å². The van der Waals surface area contributed by atoms with E-state index in [9.17, 15) is 0 Å². The Balaban J connectivity index is 2.05. The number of aromatic nitrogens is 1. The van der Waals surface area contributed by atoms with E-state index < -0.39 is 0 Å². The molecule has 0 aliphatic carbocycles. The number of piperidine rings is 1. The maximum atomic E-state index is 6.22. The predicted octanol–water partition coefficient (Wildman–Crippen LogP) is 2.36. The molecule has 0 saturated carbocycles. The molecule has 0 spiro atoms. The van der Waals surface area contributed by atoms with Crippen LogP contribution in [0.3, 0.4) is 0 Å². The first-order valence-electron chi connectivity index (χ1n) is 7.74. The van der Waals surface area contributed by atoms with Crippen LogP contribution in [0.1, 0.15) is 44.8 Å². The summed E-state index contributed by atoms with van der Waals surface area (Å²) in [4.78, 5) is 6.94. The molecule has 4 heteroatoms. The fourth-order valence-electron chi connectivity index (χ4n) is 2.98. The average molecular weight is 277 g/mol. The van der Waals surface area contributed by atoms with Crippen LogP contribution in [0.2, 0.25) is 0 Å². The summed E-state index contributed by atoms with van der Waals surface area (Å²) in [6, 6.07) is 6.31. The van der Waals surface area contributed by atoms with Crippen molar-refractivity contribution in [1.82, 2.24) is 9.88 Å². The summed E-state index contributed by atoms with van der Waals surface area (Å²) in [6.45, 7) is 7.11. The average Bonchev–Trinajstić information content (AvgIpc) is 2.46. The number of rotatable bonds is 6. The molecule has 3 unspecified atom stereocenters. The summed E-state index contributed by atoms with van der Waals surface area (Å²) in [5, 5.41) is 0. The van der Waals surface area contributed by atoms with E-state index in [2.05, 4.69) is 29.8 Å². The van der Waals surface area contributed by atoms with E-state index in [4.69, 9.17) is 10.5 Å². The molecule has 1 aromatic rings. The summed E-state index contributed by atoms with van der Waals surface area (Å²) in [5.41, 5.74) is 7.29. The third-order valence-corrected chi connectivity index (χ3v) is 3.85. The van der Waals surface area contributed by atoms with Crippen LogP contribution in [0.4, 0.5) is 0 Å². The van der Waals surface area contributed by atoms with Crippen molar-refractivity contribution < 1.29 is 4.74 Å². The van der Waals surface area contributed by atoms with E-state index in [0.717, 1.165) is 38.2 Å². The Morgan fingerprint density at radius 2 is 2.35 bits per heavy atom. The largest absolute Gasteiger partial charge is 0.377 e. The molecule has 0 aromatic carbocycles. The highest BCUT2D eigenvalue weighted by Crippen LogP contribution is 2.26. The topological polar surface area (TPSA) is 51.4 Å². The van der Waals surface area contributed by atoms with Crippen LogP contribution in [-0.2, 0) is 4.74 Å². The minimum atomic E-state index is 0.0647. The molecule has 1 aromatic heterocycles. The monoisotopic (exact) mass is 277 g/mol. The molecule has 2 heterocycles. The van der Waals surface area contributed by atoms with E-state index in [0.29, 0.717) is 6.10 Å². The maximum absolute atomic E-state index is 6.22. The van der Waals surface area contributed by atoms with Crippen LogP contribution >= 0.6 is 0 Å². The SMILES string of the molecule is CCCOC1CCCN(C(c2ccccn2)C(C)N)C1. The highest BCUT2D eigenvalue weighted by Gasteiger charge is 2.30. The Labute approximate surface area is 122 Å². The van der Waals surface area contributed by atoms with Crippen molar-refractivity contribution in [3.8, 4) is 0 Å². The van der Waals surface area contributed by atoms with Gasteiger partial charge < -0.3 is 10.5 Å². The van der Waals surface area contributed by atoms with Crippen molar-refractivity contribution in [2.45, 2.75) is 51.3 Å². The normalized spacial score (nSPS) is 23.4. The first-order chi connectivity index (χ1) is 9.72. The Bertz CT molecular complexity index is 383. The molecule has 20 heavy (non-hydrogen) atoms. The van der Waals surface area contributed by atoms with E-state index in [-0.39, 0.29) is 12.1 Å². The smallest absolute Gasteiger partial charge is 0.0702 e. The minimum absolute atomic E-state index is 0.0647. The van der Waals surface area contributed by atoms with E-state index in [1.165, 1.54) is 6.42 Å². The van der Waals surface area contributed by atoms with Crippen LogP contribution in [-0.4, -0.2) is 41.7 Å². The zero-order chi connectivity index (χ0) is 14.4. The number of nitrogens with zero attached hydrogens (tertiary/aromatic N) is 2. The number of ether oxygens (including phenoxy) is 1. The van der Waals surface area contributed by atoms with Gasteiger partial charge in [-0.15, -0.1) is 0 Å². The molecule has 4 nitrogen and oxygen atoms in total. The Kier molecular flexibility index (Phi) is 5.95. The lowest BCUT2D eigenvalue weighted by molar-refractivity contribution is -0.0161. The molecule has 0 amide bonds. The lowest BCUT2D eigenvalue weighted by Gasteiger charge is -2.39. The summed E-state index contributed by atoms with van der Waals surface area (Å²) >= 11 is 0. The summed E-state index contributed by atoms with van der Waals surface area (Å²) in [5.74, 6) is 0. The van der Waals surface area contributed by atoms with E-state index in [1.54, 1.807) is 0 Å². The van der Waals surface area contributed by atoms with Gasteiger partial charge in [0.15, 0.2) is 0 Å². The van der Waals surface area contributed by atoms with Crippen LogP contribution in [0.25, 0.3) is 0 Å². The van der Waals surface area contributed by atoms with Crippen molar-refractivity contribution >= 4 is 0 Å². The van der Waals surface area contributed by atoms with Gasteiger partial charge in [-0.3, -0.25) is 9.88 Å². The fraction of sp³-hybridized carbons (Fsp3) is 0.688. The summed E-state index contributed by atoms with van der Waals surface area (Å²) in [6.07, 6.45) is 5.59. The van der Waals surface area contributed by atoms with Crippen molar-refractivity contribution in [3.63, 3.8) is 0 Å². The van der Waals surface area contributed by atoms with Gasteiger partial charge in [0.05, 0.1) is 17.8 Å². The van der Waals surface area contributed by atoms with Gasteiger partial charge in [-0.2, -0.15) is 0 Å². The first kappa shape index (κ1) is 15.4. The van der Waals surface area contributed by atoms with Crippen LogP contribution in [0.5, 0.6) is 0 Å². The number of hydrogen-bond donors (Lipinski definition) is 1. The molecule has 1 fully saturated rings. The lowest BCUT2D eigenvalue weighted by atomic mass is 9.99. The summed E-state index contributed by atoms with van der Waals surface area (Å²) in [7, 11) is 0. The van der Waals surface area contributed by atoms with E-state index in [1.807, 2.05) is 18.3 Å². The molecule has 3 atom stereocenters. The van der Waals surface area contributed by atoms with Gasteiger partial charge in [-0.1, -0.05) is 13.0 Å². The molecule has 0 bridgehead atoms. The Hall–Kier alpha value is -0.970. The Morgan fingerprint density at radius 1 is 1.50 bits per heavy atom. The predicted molar refractivity (Wildman–Crippen MR) is 81.5 cm³/mol. The molecule has 2 rings (SSSR count). The van der Waals surface area contributed by atoms with Gasteiger partial charge in [-0.05, 0) is 44.9 Å². The zero-order valence-electron chi connectivity index (χ0n) is 12.7. The minimum Gasteiger partial charge on any atom is -0.377 e. The lowest BCUT2D eigenvalue weighted by Crippen LogP contribution is -2.47. The fourth-order valence-corrected chi connectivity index (χ4v) is 2.98. The molecule has 1 saturated heterocycles. The van der Waals surface area contributed by atoms with Gasteiger partial charge in [0.2, 0.25) is 0 Å². The molecule has 2 N–H and O–H groups in total. The van der Waals surface area contributed by atoms with Gasteiger partial charge in [-0.25, -0.2) is 0 Å². The van der Waals surface area contributed by atoms with Crippen LogP contribution in [0.15, 0.2) is 24.4 Å². The van der Waals surface area contributed by atoms with Crippen molar-refractivity contribution in [1.29, 1.82) is 0 Å². The number of pyridine rings is 1. The molecule has 0 radical (unpaired) electrons. The van der Waals surface area contributed by atoms with Gasteiger partial charge >= 0.3 is 0 Å². The highest BCUT2D eigenvalue weighted by molar-refractivity contribution is 5.11. The van der Waals surface area contributed by atoms with Crippen molar-refractivity contribution in [2.24, 2.45) is 5.73 Å². The third-order valence-electron chi connectivity index (χ3n) is 3.85. The van der Waals surface area contributed by atoms with Crippen molar-refractivity contribution in [2.75, 3.05) is 19.7 Å². The third kappa shape index (κ3) is 4.01. The first-order valence-corrected chi connectivity index (χ1v) is 7.74.